The van der Waals surface area contributed by atoms with Crippen molar-refractivity contribution in [2.24, 2.45) is 0 Å². The zero-order chi connectivity index (χ0) is 15.8. The number of hydrogen-bond acceptors (Lipinski definition) is 5. The summed E-state index contributed by atoms with van der Waals surface area (Å²) in [6, 6.07) is 3.80. The molecule has 1 fully saturated rings. The molecule has 5 nitrogen and oxygen atoms in total. The van der Waals surface area contributed by atoms with Gasteiger partial charge in [0.15, 0.2) is 5.57 Å². The molecule has 1 N–H and O–H groups in total. The first kappa shape index (κ1) is 15.6. The molecule has 21 heavy (non-hydrogen) atoms. The molecule has 1 aromatic carbocycles. The van der Waals surface area contributed by atoms with Crippen molar-refractivity contribution in [3.05, 3.63) is 39.5 Å². The second-order valence-electron chi connectivity index (χ2n) is 5.25. The Morgan fingerprint density at radius 2 is 1.71 bits per heavy atom. The number of carbonyl (C=O) groups excluding carboxylic acids is 2. The van der Waals surface area contributed by atoms with Crippen LogP contribution in [0.25, 0.3) is 0 Å². The van der Waals surface area contributed by atoms with Gasteiger partial charge in [-0.2, -0.15) is 0 Å². The lowest BCUT2D eigenvalue weighted by atomic mass is 10.1. The highest BCUT2D eigenvalue weighted by atomic mass is 79.9. The van der Waals surface area contributed by atoms with Crippen molar-refractivity contribution < 1.29 is 19.1 Å². The van der Waals surface area contributed by atoms with Crippen molar-refractivity contribution in [1.82, 2.24) is 0 Å². The number of cyclic esters (lactones) is 2. The molecule has 0 amide bonds. The first-order valence-electron chi connectivity index (χ1n) is 6.40. The summed E-state index contributed by atoms with van der Waals surface area (Å²) >= 11 is 3.49. The Morgan fingerprint density at radius 1 is 1.14 bits per heavy atom. The average Bonchev–Trinajstić information content (AvgIpc) is 2.36. The number of anilines is 1. The van der Waals surface area contributed by atoms with Gasteiger partial charge in [0.2, 0.25) is 0 Å². The molecule has 6 heteroatoms. The second kappa shape index (κ2) is 5.52. The van der Waals surface area contributed by atoms with Gasteiger partial charge in [0, 0.05) is 30.2 Å². The third kappa shape index (κ3) is 3.26. The fourth-order valence-electron chi connectivity index (χ4n) is 1.91. The van der Waals surface area contributed by atoms with Crippen LogP contribution >= 0.6 is 15.9 Å². The van der Waals surface area contributed by atoms with E-state index in [-0.39, 0.29) is 5.57 Å². The lowest BCUT2D eigenvalue weighted by Gasteiger charge is -2.29. The summed E-state index contributed by atoms with van der Waals surface area (Å²) < 4.78 is 11.0. The number of benzene rings is 1. The normalized spacial score (nSPS) is 17.1. The van der Waals surface area contributed by atoms with Crippen molar-refractivity contribution in [2.75, 3.05) is 5.32 Å². The van der Waals surface area contributed by atoms with Crippen LogP contribution in [0.15, 0.2) is 28.4 Å². The molecule has 0 aliphatic carbocycles. The van der Waals surface area contributed by atoms with Gasteiger partial charge in [-0.15, -0.1) is 0 Å². The molecule has 0 atom stereocenters. The number of aryl methyl sites for hydroxylation is 1. The summed E-state index contributed by atoms with van der Waals surface area (Å²) in [5, 5.41) is 2.95. The van der Waals surface area contributed by atoms with Gasteiger partial charge in [0.1, 0.15) is 0 Å². The van der Waals surface area contributed by atoms with Gasteiger partial charge in [-0.1, -0.05) is 22.0 Å². The molecule has 0 bridgehead atoms. The van der Waals surface area contributed by atoms with E-state index < -0.39 is 17.7 Å². The minimum absolute atomic E-state index is 0.162. The maximum absolute atomic E-state index is 11.8. The van der Waals surface area contributed by atoms with Crippen LogP contribution in [0.1, 0.15) is 25.0 Å². The summed E-state index contributed by atoms with van der Waals surface area (Å²) in [5.41, 5.74) is 2.70. The molecule has 0 aromatic heterocycles. The van der Waals surface area contributed by atoms with E-state index in [4.69, 9.17) is 9.47 Å². The molecule has 2 rings (SSSR count). The minimum atomic E-state index is -1.23. The lowest BCUT2D eigenvalue weighted by molar-refractivity contribution is -0.222. The highest BCUT2D eigenvalue weighted by Gasteiger charge is 2.38. The van der Waals surface area contributed by atoms with E-state index >= 15 is 0 Å². The number of hydrogen-bond donors (Lipinski definition) is 1. The van der Waals surface area contributed by atoms with Gasteiger partial charge in [-0.3, -0.25) is 0 Å². The van der Waals surface area contributed by atoms with E-state index in [1.165, 1.54) is 20.0 Å². The van der Waals surface area contributed by atoms with Gasteiger partial charge in [0.25, 0.3) is 5.79 Å². The smallest absolute Gasteiger partial charge is 0.350 e. The highest BCUT2D eigenvalue weighted by molar-refractivity contribution is 9.10. The van der Waals surface area contributed by atoms with E-state index in [1.54, 1.807) is 0 Å². The van der Waals surface area contributed by atoms with Gasteiger partial charge in [-0.05, 0) is 31.0 Å². The van der Waals surface area contributed by atoms with Crippen LogP contribution < -0.4 is 5.32 Å². The molecule has 1 aliphatic heterocycles. The molecule has 1 aromatic rings. The van der Waals surface area contributed by atoms with Crippen LogP contribution in [-0.2, 0) is 19.1 Å². The average molecular weight is 354 g/mol. The molecule has 1 aliphatic rings. The summed E-state index contributed by atoms with van der Waals surface area (Å²) in [7, 11) is 0. The van der Waals surface area contributed by atoms with Crippen LogP contribution in [0.5, 0.6) is 0 Å². The van der Waals surface area contributed by atoms with E-state index in [1.807, 2.05) is 26.0 Å². The quantitative estimate of drug-likeness (QED) is 0.502. The lowest BCUT2D eigenvalue weighted by Crippen LogP contribution is -2.42. The summed E-state index contributed by atoms with van der Waals surface area (Å²) in [6.07, 6.45) is 1.31. The SMILES string of the molecule is Cc1ccc(NC=C2C(=O)OC(C)(C)OC2=O)c(C)c1Br. The molecular weight excluding hydrogens is 338 g/mol. The largest absolute Gasteiger partial charge is 0.419 e. The van der Waals surface area contributed by atoms with Crippen LogP contribution in [0, 0.1) is 13.8 Å². The van der Waals surface area contributed by atoms with Crippen LogP contribution in [0.2, 0.25) is 0 Å². The summed E-state index contributed by atoms with van der Waals surface area (Å²) in [6.45, 7) is 6.93. The first-order chi connectivity index (χ1) is 9.71. The minimum Gasteiger partial charge on any atom is -0.419 e. The number of nitrogens with one attached hydrogen (secondary N) is 1. The predicted octanol–water partition coefficient (Wildman–Crippen LogP) is 3.20. The molecule has 1 heterocycles. The Balaban J connectivity index is 2.24. The Morgan fingerprint density at radius 3 is 2.29 bits per heavy atom. The van der Waals surface area contributed by atoms with E-state index in [2.05, 4.69) is 21.2 Å². The Hall–Kier alpha value is -1.82. The molecule has 0 saturated carbocycles. The molecule has 112 valence electrons. The van der Waals surface area contributed by atoms with Crippen molar-refractivity contribution in [2.45, 2.75) is 33.5 Å². The fraction of sp³-hybridized carbons (Fsp3) is 0.333. The maximum atomic E-state index is 11.8. The molecule has 1 saturated heterocycles. The third-order valence-corrected chi connectivity index (χ3v) is 4.29. The predicted molar refractivity (Wildman–Crippen MR) is 81.6 cm³/mol. The van der Waals surface area contributed by atoms with Crippen LogP contribution in [0.4, 0.5) is 5.69 Å². The molecule has 0 radical (unpaired) electrons. The Labute approximate surface area is 131 Å². The fourth-order valence-corrected chi connectivity index (χ4v) is 2.25. The topological polar surface area (TPSA) is 64.6 Å². The van der Waals surface area contributed by atoms with Gasteiger partial charge in [0.05, 0.1) is 0 Å². The zero-order valence-electron chi connectivity index (χ0n) is 12.2. The monoisotopic (exact) mass is 353 g/mol. The molecule has 0 unspecified atom stereocenters. The molecular formula is C15H16BrNO4. The van der Waals surface area contributed by atoms with E-state index in [0.717, 1.165) is 21.3 Å². The number of rotatable bonds is 2. The number of ether oxygens (including phenoxy) is 2. The Bertz CT molecular complexity index is 627. The van der Waals surface area contributed by atoms with Crippen molar-refractivity contribution >= 4 is 33.6 Å². The van der Waals surface area contributed by atoms with Crippen molar-refractivity contribution in [1.29, 1.82) is 0 Å². The first-order valence-corrected chi connectivity index (χ1v) is 7.19. The van der Waals surface area contributed by atoms with Gasteiger partial charge < -0.3 is 14.8 Å². The maximum Gasteiger partial charge on any atom is 0.350 e. The third-order valence-electron chi connectivity index (χ3n) is 3.07. The van der Waals surface area contributed by atoms with E-state index in [9.17, 15) is 9.59 Å². The van der Waals surface area contributed by atoms with Gasteiger partial charge in [-0.25, -0.2) is 9.59 Å². The van der Waals surface area contributed by atoms with Crippen molar-refractivity contribution in [3.8, 4) is 0 Å². The van der Waals surface area contributed by atoms with Crippen LogP contribution in [-0.4, -0.2) is 17.7 Å². The Kier molecular flexibility index (Phi) is 4.09. The van der Waals surface area contributed by atoms with Gasteiger partial charge >= 0.3 is 11.9 Å². The summed E-state index contributed by atoms with van der Waals surface area (Å²) in [5.74, 6) is -2.63. The standard InChI is InChI=1S/C15H16BrNO4/c1-8-5-6-11(9(2)12(8)16)17-7-10-13(18)20-15(3,4)21-14(10)19/h5-7,17H,1-4H3. The second-order valence-corrected chi connectivity index (χ2v) is 6.04. The highest BCUT2D eigenvalue weighted by Crippen LogP contribution is 2.28. The van der Waals surface area contributed by atoms with E-state index in [0.29, 0.717) is 0 Å². The number of esters is 2. The number of halogens is 1. The molecule has 0 spiro atoms. The summed E-state index contributed by atoms with van der Waals surface area (Å²) in [4.78, 5) is 23.6. The zero-order valence-corrected chi connectivity index (χ0v) is 13.8. The van der Waals surface area contributed by atoms with Crippen LogP contribution in [0.3, 0.4) is 0 Å². The number of carbonyl (C=O) groups is 2. The van der Waals surface area contributed by atoms with Crippen molar-refractivity contribution in [3.63, 3.8) is 0 Å².